The smallest absolute Gasteiger partial charge is 0.297 e. The number of fused-ring (bicyclic) bond motifs is 1. The predicted octanol–water partition coefficient (Wildman–Crippen LogP) is -1.26. The predicted molar refractivity (Wildman–Crippen MR) is 188 cm³/mol. The summed E-state index contributed by atoms with van der Waals surface area (Å²) in [6, 6.07) is 0. The SMILES string of the molecule is CCCCCCC(C)C(C[NH2+]CC1(O)C(OC2CCC3C(C2)[OH+]C(C(N)=O)C(C2CCC(O)CC2)C3O)OC(C(=O)[O-])C(O)C1O)CC1=C[CH+]N=C1. The van der Waals surface area contributed by atoms with Crippen molar-refractivity contribution in [2.75, 3.05) is 13.1 Å². The summed E-state index contributed by atoms with van der Waals surface area (Å²) in [6.07, 6.45) is 3.33. The maximum Gasteiger partial charge on any atom is 0.297 e. The van der Waals surface area contributed by atoms with E-state index in [0.29, 0.717) is 51.0 Å². The highest BCUT2D eigenvalue weighted by atomic mass is 16.7. The van der Waals surface area contributed by atoms with Crippen LogP contribution in [0.3, 0.4) is 0 Å². The summed E-state index contributed by atoms with van der Waals surface area (Å²) in [5.41, 5.74) is 4.76. The van der Waals surface area contributed by atoms with Crippen molar-refractivity contribution in [2.45, 2.75) is 158 Å². The molecule has 13 unspecified atom stereocenters. The number of carboxylic acid groups (broad SMARTS) is 1. The highest BCUT2D eigenvalue weighted by Gasteiger charge is 2.60. The Hall–Kier alpha value is -2.14. The minimum Gasteiger partial charge on any atom is -0.547 e. The fraction of sp³-hybridized carbons (Fsp3) is 0.842. The van der Waals surface area contributed by atoms with Gasteiger partial charge in [0.05, 0.1) is 48.7 Å². The number of allylic oxidation sites excluding steroid dienone is 1. The summed E-state index contributed by atoms with van der Waals surface area (Å²) in [5.74, 6) is -2.47. The van der Waals surface area contributed by atoms with Crippen molar-refractivity contribution in [1.29, 1.82) is 0 Å². The van der Waals surface area contributed by atoms with Gasteiger partial charge in [-0.3, -0.25) is 4.79 Å². The average molecular weight is 738 g/mol. The molecule has 0 spiro atoms. The Labute approximate surface area is 307 Å². The number of aliphatic hydroxyl groups excluding tert-OH is 4. The molecule has 5 aliphatic rings. The Balaban J connectivity index is 1.27. The van der Waals surface area contributed by atoms with Gasteiger partial charge in [-0.25, -0.2) is 0 Å². The van der Waals surface area contributed by atoms with Crippen molar-refractivity contribution in [2.24, 2.45) is 40.3 Å². The second-order valence-corrected chi connectivity index (χ2v) is 16.3. The van der Waals surface area contributed by atoms with Crippen molar-refractivity contribution in [3.05, 3.63) is 18.2 Å². The zero-order chi connectivity index (χ0) is 37.6. The van der Waals surface area contributed by atoms with Crippen LogP contribution in [0.4, 0.5) is 0 Å². The third-order valence-electron chi connectivity index (χ3n) is 12.7. The number of primary amides is 1. The number of rotatable bonds is 17. The van der Waals surface area contributed by atoms with Crippen molar-refractivity contribution in [1.82, 2.24) is 0 Å². The highest BCUT2D eigenvalue weighted by Crippen LogP contribution is 2.45. The van der Waals surface area contributed by atoms with E-state index in [1.165, 1.54) is 12.8 Å². The van der Waals surface area contributed by atoms with E-state index < -0.39 is 72.4 Å². The van der Waals surface area contributed by atoms with E-state index >= 15 is 0 Å². The number of carbonyl (C=O) groups excluding carboxylic acids is 2. The molecule has 0 radical (unpaired) electrons. The van der Waals surface area contributed by atoms with Gasteiger partial charge in [-0.15, -0.1) is 4.99 Å². The maximum absolute atomic E-state index is 12.7. The molecule has 0 aromatic rings. The number of carboxylic acids is 1. The number of amides is 1. The van der Waals surface area contributed by atoms with Crippen molar-refractivity contribution in [3.63, 3.8) is 0 Å². The van der Waals surface area contributed by atoms with Crippen molar-refractivity contribution >= 4 is 18.1 Å². The van der Waals surface area contributed by atoms with E-state index in [9.17, 15) is 40.2 Å². The first-order valence-electron chi connectivity index (χ1n) is 19.7. The largest absolute Gasteiger partial charge is 0.547 e. The minimum atomic E-state index is -2.19. The van der Waals surface area contributed by atoms with E-state index in [1.807, 2.05) is 17.6 Å². The summed E-state index contributed by atoms with van der Waals surface area (Å²) in [5, 5.41) is 69.5. The number of hydrogen-bond acceptors (Lipinski definition) is 11. The molecule has 52 heavy (non-hydrogen) atoms. The van der Waals surface area contributed by atoms with Crippen molar-refractivity contribution < 1.29 is 59.8 Å². The van der Waals surface area contributed by atoms with Crippen LogP contribution in [-0.4, -0.2) is 122 Å². The number of nitrogens with two attached hydrogens (primary N) is 2. The van der Waals surface area contributed by atoms with Gasteiger partial charge in [-0.05, 0) is 50.4 Å². The van der Waals surface area contributed by atoms with Crippen LogP contribution in [-0.2, 0) is 19.1 Å². The first-order valence-corrected chi connectivity index (χ1v) is 19.7. The first-order chi connectivity index (χ1) is 24.8. The van der Waals surface area contributed by atoms with E-state index in [4.69, 9.17) is 19.9 Å². The molecule has 5 rings (SSSR count). The van der Waals surface area contributed by atoms with Gasteiger partial charge in [0.2, 0.25) is 6.10 Å². The molecule has 2 saturated carbocycles. The maximum atomic E-state index is 12.7. The van der Waals surface area contributed by atoms with Gasteiger partial charge < -0.3 is 60.7 Å². The zero-order valence-corrected chi connectivity index (χ0v) is 30.7. The molecule has 10 N–H and O–H groups in total. The molecule has 3 heterocycles. The second-order valence-electron chi connectivity index (χ2n) is 16.3. The zero-order valence-electron chi connectivity index (χ0n) is 30.7. The number of unbranched alkanes of at least 4 members (excludes halogenated alkanes) is 3. The van der Waals surface area contributed by atoms with Gasteiger partial charge >= 0.3 is 0 Å². The fourth-order valence-electron chi connectivity index (χ4n) is 9.48. The number of ether oxygens (including phenoxy) is 3. The summed E-state index contributed by atoms with van der Waals surface area (Å²) in [6.45, 7) is 6.62. The van der Waals surface area contributed by atoms with Crippen LogP contribution in [0.2, 0.25) is 0 Å². The quantitative estimate of drug-likeness (QED) is 0.0531. The molecule has 0 bridgehead atoms. The molecule has 0 aromatic carbocycles. The van der Waals surface area contributed by atoms with Crippen molar-refractivity contribution in [3.8, 4) is 0 Å². The molecular formula is C38H63N3O11+2. The third kappa shape index (κ3) is 9.56. The third-order valence-corrected chi connectivity index (χ3v) is 12.7. The normalized spacial score (nSPS) is 40.3. The van der Waals surface area contributed by atoms with Gasteiger partial charge in [0.15, 0.2) is 24.2 Å². The number of nitrogens with zero attached hydrogens (tertiary/aromatic N) is 1. The van der Waals surface area contributed by atoms with Crippen LogP contribution in [0.15, 0.2) is 16.6 Å². The van der Waals surface area contributed by atoms with E-state index in [1.54, 1.807) is 6.54 Å². The molecule has 13 atom stereocenters. The topological polar surface area (TPSA) is 245 Å². The Morgan fingerprint density at radius 3 is 2.54 bits per heavy atom. The standard InChI is InChI=1S/C38H61N3O11/c1-3-4-5-6-7-21(2)24(16-22-14-15-40-18-22)19-41-20-38(49)34(45)31(44)33(36(47)48)52-37(38)50-26-12-13-27-28(17-26)51-32(35(39)46)29(30(27)43)23-8-10-25(42)11-9-23/h14-15,18,21,23-34,37,41-45,49H,3-13,16-17,19-20H2,1-2H3,(H2-,39,46,47,48)/p+2. The van der Waals surface area contributed by atoms with Gasteiger partial charge in [0, 0.05) is 18.8 Å². The van der Waals surface area contributed by atoms with E-state index in [0.717, 1.165) is 31.3 Å². The average Bonchev–Trinajstić information content (AvgIpc) is 3.63. The van der Waals surface area contributed by atoms with Gasteiger partial charge in [0.1, 0.15) is 37.0 Å². The van der Waals surface area contributed by atoms with Crippen LogP contribution in [0.1, 0.15) is 97.3 Å². The Kier molecular flexibility index (Phi) is 14.6. The fourth-order valence-corrected chi connectivity index (χ4v) is 9.48. The van der Waals surface area contributed by atoms with Gasteiger partial charge in [-0.1, -0.05) is 46.0 Å². The minimum absolute atomic E-state index is 0.0101. The summed E-state index contributed by atoms with van der Waals surface area (Å²) in [7, 11) is 0. The molecule has 0 aromatic heterocycles. The number of quaternary nitrogens is 1. The Morgan fingerprint density at radius 2 is 1.88 bits per heavy atom. The Morgan fingerprint density at radius 1 is 1.13 bits per heavy atom. The Bertz CT molecular complexity index is 1240. The monoisotopic (exact) mass is 737 g/mol. The lowest BCUT2D eigenvalue weighted by molar-refractivity contribution is -0.680. The van der Waals surface area contributed by atoms with E-state index in [-0.39, 0.29) is 36.8 Å². The number of aliphatic carboxylic acids is 1. The second kappa shape index (κ2) is 18.5. The number of hydrogen-bond donors (Lipinski definition) is 7. The number of aliphatic hydroxyl groups is 7. The van der Waals surface area contributed by atoms with Gasteiger partial charge in [0.25, 0.3) is 5.91 Å². The molecule has 294 valence electrons. The summed E-state index contributed by atoms with van der Waals surface area (Å²) >= 11 is 0. The van der Waals surface area contributed by atoms with Crippen LogP contribution in [0.5, 0.6) is 0 Å². The number of aliphatic imine (C=N–C) groups is 1. The molecule has 1 amide bonds. The molecular weight excluding hydrogens is 674 g/mol. The lowest BCUT2D eigenvalue weighted by Crippen LogP contribution is -2.93. The molecule has 14 heteroatoms. The summed E-state index contributed by atoms with van der Waals surface area (Å²) < 4.78 is 16.8. The first kappa shape index (κ1) is 41.0. The molecule has 3 aliphatic heterocycles. The van der Waals surface area contributed by atoms with Crippen LogP contribution >= 0.6 is 0 Å². The van der Waals surface area contributed by atoms with Crippen LogP contribution < -0.4 is 16.2 Å². The van der Waals surface area contributed by atoms with Gasteiger partial charge in [-0.2, -0.15) is 0 Å². The molecule has 2 saturated heterocycles. The van der Waals surface area contributed by atoms with Crippen LogP contribution in [0, 0.1) is 36.1 Å². The highest BCUT2D eigenvalue weighted by molar-refractivity contribution is 5.82. The lowest BCUT2D eigenvalue weighted by atomic mass is 9.66. The lowest BCUT2D eigenvalue weighted by Gasteiger charge is -2.50. The summed E-state index contributed by atoms with van der Waals surface area (Å²) in [4.78, 5) is 28.8. The molecule has 14 nitrogen and oxygen atoms in total. The molecule has 2 aliphatic carbocycles. The van der Waals surface area contributed by atoms with E-state index in [2.05, 4.69) is 18.8 Å². The molecule has 4 fully saturated rings. The number of carbonyl (C=O) groups is 2. The van der Waals surface area contributed by atoms with Crippen LogP contribution in [0.25, 0.3) is 0 Å².